The van der Waals surface area contributed by atoms with Gasteiger partial charge in [-0.15, -0.1) is 11.3 Å². The molecule has 1 saturated heterocycles. The maximum Gasteiger partial charge on any atom is 0.252 e. The van der Waals surface area contributed by atoms with Gasteiger partial charge in [0.05, 0.1) is 0 Å². The van der Waals surface area contributed by atoms with Gasteiger partial charge in [0.1, 0.15) is 10.0 Å². The number of hydrogen-bond acceptors (Lipinski definition) is 4. The van der Waals surface area contributed by atoms with Gasteiger partial charge in [-0.1, -0.05) is 18.2 Å². The van der Waals surface area contributed by atoms with E-state index in [4.69, 9.17) is 12.2 Å². The van der Waals surface area contributed by atoms with Crippen molar-refractivity contribution in [2.24, 2.45) is 0 Å². The second-order valence-corrected chi connectivity index (χ2v) is 9.11. The Kier molecular flexibility index (Phi) is 5.67. The normalized spacial score (nSPS) is 16.0. The zero-order valence-corrected chi connectivity index (χ0v) is 15.8. The highest BCUT2D eigenvalue weighted by molar-refractivity contribution is 7.91. The number of rotatable bonds is 4. The zero-order valence-electron chi connectivity index (χ0n) is 13.4. The van der Waals surface area contributed by atoms with Crippen molar-refractivity contribution in [1.29, 1.82) is 0 Å². The van der Waals surface area contributed by atoms with E-state index in [2.05, 4.69) is 5.32 Å². The van der Waals surface area contributed by atoms with Crippen LogP contribution in [0.1, 0.15) is 5.56 Å². The predicted octanol–water partition coefficient (Wildman–Crippen LogP) is 2.27. The summed E-state index contributed by atoms with van der Waals surface area (Å²) >= 11 is 6.61. The molecular formula is C16H18FN3O2S3. The van der Waals surface area contributed by atoms with Gasteiger partial charge in [-0.25, -0.2) is 12.8 Å². The molecule has 1 fully saturated rings. The maximum absolute atomic E-state index is 12.9. The van der Waals surface area contributed by atoms with Gasteiger partial charge < -0.3 is 10.2 Å². The van der Waals surface area contributed by atoms with Crippen molar-refractivity contribution in [2.75, 3.05) is 26.2 Å². The second kappa shape index (κ2) is 7.77. The summed E-state index contributed by atoms with van der Waals surface area (Å²) in [5, 5.41) is 5.48. The minimum atomic E-state index is -3.40. The monoisotopic (exact) mass is 399 g/mol. The first-order chi connectivity index (χ1) is 12.0. The highest BCUT2D eigenvalue weighted by atomic mass is 32.2. The first-order valence-electron chi connectivity index (χ1n) is 7.78. The molecule has 2 heterocycles. The molecule has 0 saturated carbocycles. The van der Waals surface area contributed by atoms with E-state index in [9.17, 15) is 12.8 Å². The lowest BCUT2D eigenvalue weighted by Gasteiger charge is -2.35. The molecule has 9 heteroatoms. The van der Waals surface area contributed by atoms with Crippen molar-refractivity contribution >= 4 is 38.7 Å². The van der Waals surface area contributed by atoms with Crippen molar-refractivity contribution in [2.45, 2.75) is 10.8 Å². The molecule has 0 bridgehead atoms. The van der Waals surface area contributed by atoms with Gasteiger partial charge in [-0.3, -0.25) is 0 Å². The van der Waals surface area contributed by atoms with Gasteiger partial charge in [0, 0.05) is 32.7 Å². The maximum atomic E-state index is 12.9. The summed E-state index contributed by atoms with van der Waals surface area (Å²) in [6, 6.07) is 9.60. The molecule has 1 aromatic heterocycles. The molecule has 1 aliphatic heterocycles. The highest BCUT2D eigenvalue weighted by Crippen LogP contribution is 2.22. The quantitative estimate of drug-likeness (QED) is 0.800. The molecule has 1 aliphatic rings. The van der Waals surface area contributed by atoms with Crippen LogP contribution in [0.25, 0.3) is 0 Å². The van der Waals surface area contributed by atoms with E-state index in [-0.39, 0.29) is 5.82 Å². The van der Waals surface area contributed by atoms with E-state index >= 15 is 0 Å². The molecule has 1 aromatic carbocycles. The average molecular weight is 400 g/mol. The van der Waals surface area contributed by atoms with Gasteiger partial charge >= 0.3 is 0 Å². The van der Waals surface area contributed by atoms with E-state index in [1.54, 1.807) is 29.6 Å². The van der Waals surface area contributed by atoms with Crippen molar-refractivity contribution in [3.8, 4) is 0 Å². The van der Waals surface area contributed by atoms with E-state index in [1.165, 1.54) is 27.8 Å². The minimum absolute atomic E-state index is 0.269. The summed E-state index contributed by atoms with van der Waals surface area (Å²) in [5.41, 5.74) is 0.933. The Morgan fingerprint density at radius 1 is 1.16 bits per heavy atom. The first-order valence-corrected chi connectivity index (χ1v) is 10.5. The average Bonchev–Trinajstić information content (AvgIpc) is 3.16. The van der Waals surface area contributed by atoms with Crippen LogP contribution in [0.2, 0.25) is 0 Å². The fourth-order valence-electron chi connectivity index (χ4n) is 2.56. The number of nitrogens with zero attached hydrogens (tertiary/aromatic N) is 2. The van der Waals surface area contributed by atoms with Crippen LogP contribution in [0.5, 0.6) is 0 Å². The minimum Gasteiger partial charge on any atom is -0.358 e. The van der Waals surface area contributed by atoms with Crippen LogP contribution in [0.4, 0.5) is 4.39 Å². The zero-order chi connectivity index (χ0) is 17.9. The Morgan fingerprint density at radius 3 is 2.44 bits per heavy atom. The summed E-state index contributed by atoms with van der Waals surface area (Å²) in [6.45, 7) is 2.39. The van der Waals surface area contributed by atoms with Crippen molar-refractivity contribution in [3.63, 3.8) is 0 Å². The number of halogens is 1. The third kappa shape index (κ3) is 4.35. The van der Waals surface area contributed by atoms with Crippen LogP contribution in [0.15, 0.2) is 46.0 Å². The van der Waals surface area contributed by atoms with Crippen LogP contribution in [0.3, 0.4) is 0 Å². The molecule has 134 valence electrons. The summed E-state index contributed by atoms with van der Waals surface area (Å²) in [7, 11) is -3.40. The lowest BCUT2D eigenvalue weighted by molar-refractivity contribution is 0.264. The molecule has 3 rings (SSSR count). The van der Waals surface area contributed by atoms with E-state index < -0.39 is 10.0 Å². The van der Waals surface area contributed by atoms with Crippen LogP contribution < -0.4 is 5.32 Å². The number of nitrogens with one attached hydrogen (secondary N) is 1. The molecule has 25 heavy (non-hydrogen) atoms. The summed E-state index contributed by atoms with van der Waals surface area (Å²) in [5.74, 6) is -0.269. The molecule has 2 aromatic rings. The van der Waals surface area contributed by atoms with Crippen LogP contribution >= 0.6 is 23.6 Å². The number of thiophene rings is 1. The largest absolute Gasteiger partial charge is 0.358 e. The topological polar surface area (TPSA) is 52.7 Å². The van der Waals surface area contributed by atoms with Gasteiger partial charge in [-0.2, -0.15) is 4.31 Å². The second-order valence-electron chi connectivity index (χ2n) is 5.61. The highest BCUT2D eigenvalue weighted by Gasteiger charge is 2.29. The Hall–Kier alpha value is -1.55. The number of sulfonamides is 1. The van der Waals surface area contributed by atoms with E-state index in [0.717, 1.165) is 5.56 Å². The molecule has 5 nitrogen and oxygen atoms in total. The van der Waals surface area contributed by atoms with Crippen LogP contribution in [-0.2, 0) is 16.6 Å². The molecule has 0 spiro atoms. The van der Waals surface area contributed by atoms with Gasteiger partial charge in [-0.05, 0) is 41.4 Å². The van der Waals surface area contributed by atoms with Gasteiger partial charge in [0.25, 0.3) is 10.0 Å². The van der Waals surface area contributed by atoms with Gasteiger partial charge in [0.2, 0.25) is 0 Å². The SMILES string of the molecule is O=S(=O)(c1cccs1)N1CCN(C(=S)NCc2ccc(F)cc2)CC1. The third-order valence-corrected chi connectivity index (χ3v) is 7.65. The molecular weight excluding hydrogens is 381 g/mol. The lowest BCUT2D eigenvalue weighted by atomic mass is 10.2. The van der Waals surface area contributed by atoms with Crippen molar-refractivity contribution in [3.05, 3.63) is 53.2 Å². The number of piperazine rings is 1. The molecule has 1 N–H and O–H groups in total. The van der Waals surface area contributed by atoms with Gasteiger partial charge in [0.15, 0.2) is 5.11 Å². The molecule has 0 amide bonds. The lowest BCUT2D eigenvalue weighted by Crippen LogP contribution is -2.52. The summed E-state index contributed by atoms with van der Waals surface area (Å²) in [4.78, 5) is 1.96. The summed E-state index contributed by atoms with van der Waals surface area (Å²) < 4.78 is 39.8. The summed E-state index contributed by atoms with van der Waals surface area (Å²) in [6.07, 6.45) is 0. The molecule has 0 atom stereocenters. The first kappa shape index (κ1) is 18.2. The molecule has 0 radical (unpaired) electrons. The third-order valence-electron chi connectivity index (χ3n) is 3.97. The smallest absolute Gasteiger partial charge is 0.252 e. The molecule has 0 aliphatic carbocycles. The van der Waals surface area contributed by atoms with E-state index in [1.807, 2.05) is 4.90 Å². The Bertz CT molecular complexity index is 815. The fraction of sp³-hybridized carbons (Fsp3) is 0.312. The number of benzene rings is 1. The number of hydrogen-bond donors (Lipinski definition) is 1. The van der Waals surface area contributed by atoms with E-state index in [0.29, 0.717) is 42.0 Å². The Balaban J connectivity index is 1.51. The predicted molar refractivity (Wildman–Crippen MR) is 100 cm³/mol. The van der Waals surface area contributed by atoms with Crippen molar-refractivity contribution < 1.29 is 12.8 Å². The molecule has 0 unspecified atom stereocenters. The fourth-order valence-corrected chi connectivity index (χ4v) is 5.38. The Morgan fingerprint density at radius 2 is 1.84 bits per heavy atom. The Labute approximate surface area is 156 Å². The van der Waals surface area contributed by atoms with Crippen LogP contribution in [-0.4, -0.2) is 48.9 Å². The van der Waals surface area contributed by atoms with Crippen LogP contribution in [0, 0.1) is 5.82 Å². The van der Waals surface area contributed by atoms with Crippen molar-refractivity contribution in [1.82, 2.24) is 14.5 Å². The number of thiocarbonyl (C=S) groups is 1. The standard InChI is InChI=1S/C16H18FN3O2S3/c17-14-5-3-13(4-6-14)12-18-16(23)19-7-9-20(10-8-19)25(21,22)15-2-1-11-24-15/h1-6,11H,7-10,12H2,(H,18,23).